The summed E-state index contributed by atoms with van der Waals surface area (Å²) in [5.41, 5.74) is 4.97. The quantitative estimate of drug-likeness (QED) is 0.646. The largest absolute Gasteiger partial charge is 0.324 e. The second-order valence-electron chi connectivity index (χ2n) is 7.00. The summed E-state index contributed by atoms with van der Waals surface area (Å²) in [4.78, 5) is 34.2. The molecule has 4 rings (SSSR count). The normalized spacial score (nSPS) is 12.6. The first kappa shape index (κ1) is 19.1. The maximum Gasteiger partial charge on any atom is 0.244 e. The predicted molar refractivity (Wildman–Crippen MR) is 113 cm³/mol. The molecule has 1 aliphatic heterocycles. The van der Waals surface area contributed by atoms with Crippen molar-refractivity contribution < 1.29 is 9.59 Å². The van der Waals surface area contributed by atoms with E-state index in [4.69, 9.17) is 5.26 Å². The molecule has 1 aliphatic rings. The minimum atomic E-state index is -0.169. The number of rotatable bonds is 4. The molecule has 2 aromatic carbocycles. The lowest BCUT2D eigenvalue weighted by atomic mass is 10.0. The number of hydrogen-bond donors (Lipinski definition) is 2. The first-order valence-corrected chi connectivity index (χ1v) is 9.26. The molecule has 148 valence electrons. The van der Waals surface area contributed by atoms with Gasteiger partial charge in [0.25, 0.3) is 0 Å². The molecule has 0 aliphatic carbocycles. The third-order valence-electron chi connectivity index (χ3n) is 4.79. The van der Waals surface area contributed by atoms with Gasteiger partial charge in [0.1, 0.15) is 18.5 Å². The van der Waals surface area contributed by atoms with E-state index in [1.807, 2.05) is 18.7 Å². The summed E-state index contributed by atoms with van der Waals surface area (Å²) in [5.74, 6) is 0.752. The van der Waals surface area contributed by atoms with Crippen LogP contribution in [0.4, 0.5) is 28.8 Å². The van der Waals surface area contributed by atoms with E-state index < -0.39 is 0 Å². The zero-order valence-electron chi connectivity index (χ0n) is 16.4. The topological polar surface area (TPSA) is 111 Å². The van der Waals surface area contributed by atoms with Crippen molar-refractivity contribution in [3.63, 3.8) is 0 Å². The van der Waals surface area contributed by atoms with E-state index in [0.717, 1.165) is 28.8 Å². The van der Waals surface area contributed by atoms with Crippen LogP contribution in [0.1, 0.15) is 27.0 Å². The average molecular weight is 398 g/mol. The van der Waals surface area contributed by atoms with Crippen molar-refractivity contribution >= 4 is 41.0 Å². The highest BCUT2D eigenvalue weighted by molar-refractivity contribution is 6.02. The summed E-state index contributed by atoms with van der Waals surface area (Å²) < 4.78 is 0. The maximum atomic E-state index is 12.3. The van der Waals surface area contributed by atoms with Crippen molar-refractivity contribution in [2.75, 3.05) is 22.1 Å². The summed E-state index contributed by atoms with van der Waals surface area (Å²) in [6.07, 6.45) is 2.37. The molecule has 1 aromatic heterocycles. The Hall–Kier alpha value is -4.25. The number of aryl methyl sites for hydroxylation is 2. The number of nitriles is 1. The van der Waals surface area contributed by atoms with E-state index in [-0.39, 0.29) is 12.5 Å². The van der Waals surface area contributed by atoms with Crippen molar-refractivity contribution in [1.29, 1.82) is 5.26 Å². The number of carbonyl (C=O) groups excluding carboxylic acids is 2. The Kier molecular flexibility index (Phi) is 4.86. The third-order valence-corrected chi connectivity index (χ3v) is 4.79. The summed E-state index contributed by atoms with van der Waals surface area (Å²) in [6, 6.07) is 12.6. The Morgan fingerprint density at radius 1 is 1.20 bits per heavy atom. The van der Waals surface area contributed by atoms with Crippen LogP contribution < -0.4 is 15.5 Å². The van der Waals surface area contributed by atoms with E-state index in [1.54, 1.807) is 42.6 Å². The van der Waals surface area contributed by atoms with E-state index >= 15 is 0 Å². The van der Waals surface area contributed by atoms with Crippen LogP contribution in [0.2, 0.25) is 0 Å². The molecule has 0 unspecified atom stereocenters. The Morgan fingerprint density at radius 3 is 2.53 bits per heavy atom. The lowest BCUT2D eigenvalue weighted by Gasteiger charge is -2.32. The van der Waals surface area contributed by atoms with Crippen LogP contribution in [0.5, 0.6) is 0 Å². The molecular weight excluding hydrogens is 380 g/mol. The molecule has 0 radical (unpaired) electrons. The highest BCUT2D eigenvalue weighted by atomic mass is 16.2. The lowest BCUT2D eigenvalue weighted by Crippen LogP contribution is -2.36. The fraction of sp³-hybridized carbons (Fsp3) is 0.136. The maximum absolute atomic E-state index is 12.3. The van der Waals surface area contributed by atoms with Gasteiger partial charge in [0.15, 0.2) is 5.82 Å². The summed E-state index contributed by atoms with van der Waals surface area (Å²) in [6.45, 7) is 3.90. The second-order valence-corrected chi connectivity index (χ2v) is 7.00. The number of amides is 1. The molecule has 0 bridgehead atoms. The Bertz CT molecular complexity index is 1170. The van der Waals surface area contributed by atoms with Crippen LogP contribution in [0, 0.1) is 25.2 Å². The van der Waals surface area contributed by atoms with Gasteiger partial charge < -0.3 is 15.5 Å². The Balaban J connectivity index is 1.74. The van der Waals surface area contributed by atoms with Gasteiger partial charge in [-0.3, -0.25) is 9.59 Å². The lowest BCUT2D eigenvalue weighted by molar-refractivity contribution is -0.115. The van der Waals surface area contributed by atoms with E-state index in [2.05, 4.69) is 26.7 Å². The monoisotopic (exact) mass is 398 g/mol. The minimum Gasteiger partial charge on any atom is -0.324 e. The van der Waals surface area contributed by atoms with Crippen molar-refractivity contribution in [3.05, 3.63) is 64.8 Å². The van der Waals surface area contributed by atoms with Crippen LogP contribution in [-0.2, 0) is 4.79 Å². The molecule has 1 amide bonds. The second kappa shape index (κ2) is 7.64. The highest BCUT2D eigenvalue weighted by Gasteiger charge is 2.28. The Labute approximate surface area is 173 Å². The fourth-order valence-electron chi connectivity index (χ4n) is 3.56. The number of hydrogen-bond acceptors (Lipinski definition) is 7. The molecule has 8 heteroatoms. The smallest absolute Gasteiger partial charge is 0.244 e. The predicted octanol–water partition coefficient (Wildman–Crippen LogP) is 3.61. The first-order chi connectivity index (χ1) is 14.5. The van der Waals surface area contributed by atoms with Gasteiger partial charge >= 0.3 is 0 Å². The molecule has 8 nitrogen and oxygen atoms in total. The summed E-state index contributed by atoms with van der Waals surface area (Å²) >= 11 is 0. The van der Waals surface area contributed by atoms with Gasteiger partial charge in [-0.1, -0.05) is 0 Å². The Morgan fingerprint density at radius 2 is 1.90 bits per heavy atom. The van der Waals surface area contributed by atoms with E-state index in [0.29, 0.717) is 28.6 Å². The number of benzene rings is 2. The minimum absolute atomic E-state index is 0.0996. The average Bonchev–Trinajstić information content (AvgIpc) is 2.74. The van der Waals surface area contributed by atoms with Gasteiger partial charge in [-0.2, -0.15) is 10.2 Å². The number of aromatic nitrogens is 2. The van der Waals surface area contributed by atoms with Gasteiger partial charge in [0.2, 0.25) is 11.9 Å². The van der Waals surface area contributed by atoms with Crippen LogP contribution in [0.25, 0.3) is 0 Å². The molecular formula is C22H18N6O2. The molecule has 0 fully saturated rings. The molecule has 3 aromatic rings. The molecule has 2 heterocycles. The van der Waals surface area contributed by atoms with Gasteiger partial charge in [-0.15, -0.1) is 0 Å². The van der Waals surface area contributed by atoms with E-state index in [9.17, 15) is 9.59 Å². The fourth-order valence-corrected chi connectivity index (χ4v) is 3.56. The zero-order chi connectivity index (χ0) is 21.3. The first-order valence-electron chi connectivity index (χ1n) is 9.26. The van der Waals surface area contributed by atoms with Gasteiger partial charge in [0, 0.05) is 16.9 Å². The molecule has 0 atom stereocenters. The van der Waals surface area contributed by atoms with Crippen molar-refractivity contribution in [2.24, 2.45) is 0 Å². The standard InChI is InChI=1S/C22H18N6O2/c1-13-7-16(12-29)8-14(2)20(13)28-11-19(30)26-18-10-24-22(27-21(18)28)25-17-5-3-15(9-23)4-6-17/h3-8,10,12H,11H2,1-2H3,(H,26,30)(H,24,25,27). The number of fused-ring (bicyclic) bond motifs is 1. The van der Waals surface area contributed by atoms with Gasteiger partial charge in [0.05, 0.1) is 17.8 Å². The zero-order valence-corrected chi connectivity index (χ0v) is 16.4. The number of anilines is 5. The van der Waals surface area contributed by atoms with Crippen LogP contribution >= 0.6 is 0 Å². The molecule has 0 saturated heterocycles. The number of nitrogens with zero attached hydrogens (tertiary/aromatic N) is 4. The van der Waals surface area contributed by atoms with Crippen molar-refractivity contribution in [1.82, 2.24) is 9.97 Å². The number of nitrogens with one attached hydrogen (secondary N) is 2. The van der Waals surface area contributed by atoms with Crippen molar-refractivity contribution in [2.45, 2.75) is 13.8 Å². The number of carbonyl (C=O) groups is 2. The van der Waals surface area contributed by atoms with Crippen LogP contribution in [0.3, 0.4) is 0 Å². The highest BCUT2D eigenvalue weighted by Crippen LogP contribution is 2.37. The van der Waals surface area contributed by atoms with Crippen molar-refractivity contribution in [3.8, 4) is 6.07 Å². The van der Waals surface area contributed by atoms with Gasteiger partial charge in [-0.05, 0) is 61.4 Å². The molecule has 0 saturated carbocycles. The van der Waals surface area contributed by atoms with E-state index in [1.165, 1.54) is 0 Å². The summed E-state index contributed by atoms with van der Waals surface area (Å²) in [7, 11) is 0. The molecule has 30 heavy (non-hydrogen) atoms. The van der Waals surface area contributed by atoms with Gasteiger partial charge in [-0.25, -0.2) is 4.98 Å². The van der Waals surface area contributed by atoms with Crippen LogP contribution in [0.15, 0.2) is 42.6 Å². The third kappa shape index (κ3) is 3.56. The molecule has 2 N–H and O–H groups in total. The number of aldehydes is 1. The SMILES string of the molecule is Cc1cc(C=O)cc(C)c1N1CC(=O)Nc2cnc(Nc3ccc(C#N)cc3)nc21. The summed E-state index contributed by atoms with van der Waals surface area (Å²) in [5, 5.41) is 14.9. The molecule has 0 spiro atoms. The van der Waals surface area contributed by atoms with Crippen LogP contribution in [-0.4, -0.2) is 28.7 Å².